The Morgan fingerprint density at radius 2 is 1.42 bits per heavy atom. The maximum atomic E-state index is 13.4. The third-order valence-corrected chi connectivity index (χ3v) is 5.15. The number of alkyl carbamates (subject to hydrolysis) is 2. The van der Waals surface area contributed by atoms with E-state index < -0.39 is 66.0 Å². The number of amides is 3. The van der Waals surface area contributed by atoms with Gasteiger partial charge in [0.1, 0.15) is 29.8 Å². The molecule has 13 nitrogen and oxygen atoms in total. The summed E-state index contributed by atoms with van der Waals surface area (Å²) in [6, 6.07) is 6.38. The third kappa shape index (κ3) is 16.3. The van der Waals surface area contributed by atoms with Gasteiger partial charge in [-0.3, -0.25) is 9.74 Å². The Morgan fingerprint density at radius 3 is 1.93 bits per heavy atom. The molecule has 43 heavy (non-hydrogen) atoms. The molecule has 3 amide bonds. The number of esters is 1. The van der Waals surface area contributed by atoms with Gasteiger partial charge < -0.3 is 34.9 Å². The SMILES string of the molecule is CC(C)CC(NC(=O)OC(C)(C)C)C(=O)OC(C(=O)NCC(=O)OF)C(COCc1ccccc1)NC(=O)OC(C)(C)C. The van der Waals surface area contributed by atoms with Gasteiger partial charge in [0.2, 0.25) is 6.10 Å². The molecule has 242 valence electrons. The first kappa shape index (κ1) is 37.1. The number of nitrogens with one attached hydrogen (secondary N) is 3. The lowest BCUT2D eigenvalue weighted by Gasteiger charge is -2.30. The maximum Gasteiger partial charge on any atom is 0.408 e. The second kappa shape index (κ2) is 17.2. The van der Waals surface area contributed by atoms with Crippen LogP contribution in [0.3, 0.4) is 0 Å². The van der Waals surface area contributed by atoms with E-state index in [4.69, 9.17) is 18.9 Å². The molecule has 1 rings (SSSR count). The highest BCUT2D eigenvalue weighted by atomic mass is 19.3. The van der Waals surface area contributed by atoms with Gasteiger partial charge in [0.15, 0.2) is 0 Å². The minimum absolute atomic E-state index is 0.0694. The van der Waals surface area contributed by atoms with Crippen LogP contribution in [0.1, 0.15) is 67.4 Å². The van der Waals surface area contributed by atoms with E-state index >= 15 is 0 Å². The topological polar surface area (TPSA) is 168 Å². The fraction of sp³-hybridized carbons (Fsp3) is 0.621. The van der Waals surface area contributed by atoms with Crippen molar-refractivity contribution in [2.24, 2.45) is 5.92 Å². The van der Waals surface area contributed by atoms with E-state index in [0.717, 1.165) is 5.56 Å². The maximum absolute atomic E-state index is 13.4. The highest BCUT2D eigenvalue weighted by Gasteiger charge is 2.37. The molecule has 0 aliphatic carbocycles. The Hall–Kier alpha value is -3.94. The molecule has 0 bridgehead atoms. The summed E-state index contributed by atoms with van der Waals surface area (Å²) in [5, 5.41) is 7.03. The summed E-state index contributed by atoms with van der Waals surface area (Å²) < 4.78 is 34.1. The van der Waals surface area contributed by atoms with Crippen LogP contribution in [0.15, 0.2) is 30.3 Å². The molecule has 0 saturated carbocycles. The van der Waals surface area contributed by atoms with Crippen molar-refractivity contribution in [3.63, 3.8) is 0 Å². The molecule has 0 heterocycles. The summed E-state index contributed by atoms with van der Waals surface area (Å²) in [6.07, 6.45) is -3.56. The molecule has 14 heteroatoms. The quantitative estimate of drug-likeness (QED) is 0.209. The van der Waals surface area contributed by atoms with E-state index in [0.29, 0.717) is 0 Å². The predicted molar refractivity (Wildman–Crippen MR) is 152 cm³/mol. The fourth-order valence-electron chi connectivity index (χ4n) is 3.49. The van der Waals surface area contributed by atoms with E-state index in [1.54, 1.807) is 79.7 Å². The van der Waals surface area contributed by atoms with Crippen molar-refractivity contribution in [3.8, 4) is 0 Å². The largest absolute Gasteiger partial charge is 0.448 e. The molecule has 0 aliphatic heterocycles. The molecule has 3 N–H and O–H groups in total. The molecule has 0 fully saturated rings. The lowest BCUT2D eigenvalue weighted by atomic mass is 10.0. The summed E-state index contributed by atoms with van der Waals surface area (Å²) >= 11 is 0. The molecule has 3 atom stereocenters. The van der Waals surface area contributed by atoms with Crippen molar-refractivity contribution >= 4 is 30.0 Å². The van der Waals surface area contributed by atoms with Crippen LogP contribution in [-0.2, 0) is 44.9 Å². The lowest BCUT2D eigenvalue weighted by Crippen LogP contribution is -2.57. The van der Waals surface area contributed by atoms with Gasteiger partial charge in [0, 0.05) is 4.53 Å². The van der Waals surface area contributed by atoms with E-state index in [1.807, 2.05) is 6.07 Å². The van der Waals surface area contributed by atoms with E-state index in [1.165, 1.54) is 0 Å². The number of carbonyl (C=O) groups excluding carboxylic acids is 5. The molecule has 3 unspecified atom stereocenters. The highest BCUT2D eigenvalue weighted by Crippen LogP contribution is 2.14. The first-order valence-corrected chi connectivity index (χ1v) is 13.8. The first-order chi connectivity index (χ1) is 19.9. The van der Waals surface area contributed by atoms with E-state index in [-0.39, 0.29) is 25.6 Å². The molecule has 0 spiro atoms. The Labute approximate surface area is 251 Å². The molecule has 1 aromatic rings. The van der Waals surface area contributed by atoms with Gasteiger partial charge in [-0.15, -0.1) is 0 Å². The van der Waals surface area contributed by atoms with Crippen LogP contribution in [0.25, 0.3) is 0 Å². The minimum Gasteiger partial charge on any atom is -0.448 e. The van der Waals surface area contributed by atoms with Crippen molar-refractivity contribution in [2.45, 2.75) is 97.8 Å². The minimum atomic E-state index is -1.82. The first-order valence-electron chi connectivity index (χ1n) is 13.8. The van der Waals surface area contributed by atoms with Crippen LogP contribution in [0.4, 0.5) is 14.1 Å². The zero-order valence-electron chi connectivity index (χ0n) is 26.0. The molecule has 1 aromatic carbocycles. The van der Waals surface area contributed by atoms with Gasteiger partial charge in [0.25, 0.3) is 5.91 Å². The number of hydrogen-bond donors (Lipinski definition) is 3. The summed E-state index contributed by atoms with van der Waals surface area (Å²) in [4.78, 5) is 66.3. The van der Waals surface area contributed by atoms with Crippen molar-refractivity contribution in [2.75, 3.05) is 13.2 Å². The van der Waals surface area contributed by atoms with E-state index in [2.05, 4.69) is 20.9 Å². The Morgan fingerprint density at radius 1 is 0.860 bits per heavy atom. The van der Waals surface area contributed by atoms with E-state index in [9.17, 15) is 28.5 Å². The average molecular weight is 614 g/mol. The number of carbonyl (C=O) groups is 5. The van der Waals surface area contributed by atoms with Crippen LogP contribution >= 0.6 is 0 Å². The van der Waals surface area contributed by atoms with Crippen LogP contribution < -0.4 is 16.0 Å². The monoisotopic (exact) mass is 613 g/mol. The number of benzene rings is 1. The Balaban J connectivity index is 3.34. The van der Waals surface area contributed by atoms with Crippen molar-refractivity contribution in [1.29, 1.82) is 0 Å². The number of hydrogen-bond acceptors (Lipinski definition) is 10. The zero-order valence-corrected chi connectivity index (χ0v) is 26.0. The number of ether oxygens (including phenoxy) is 4. The van der Waals surface area contributed by atoms with Crippen molar-refractivity contribution < 1.29 is 52.4 Å². The van der Waals surface area contributed by atoms with Crippen LogP contribution in [0.5, 0.6) is 0 Å². The third-order valence-electron chi connectivity index (χ3n) is 5.15. The summed E-state index contributed by atoms with van der Waals surface area (Å²) in [5.74, 6) is -3.64. The number of halogens is 1. The second-order valence-electron chi connectivity index (χ2n) is 12.1. The molecule has 0 aliphatic rings. The van der Waals surface area contributed by atoms with Gasteiger partial charge in [0.05, 0.1) is 13.2 Å². The normalized spacial score (nSPS) is 13.6. The molecule has 0 radical (unpaired) electrons. The van der Waals surface area contributed by atoms with Crippen LogP contribution in [0, 0.1) is 5.92 Å². The smallest absolute Gasteiger partial charge is 0.408 e. The predicted octanol–water partition coefficient (Wildman–Crippen LogP) is 3.49. The van der Waals surface area contributed by atoms with Gasteiger partial charge in [-0.1, -0.05) is 44.2 Å². The van der Waals surface area contributed by atoms with Crippen molar-refractivity contribution in [1.82, 2.24) is 16.0 Å². The molecule has 0 saturated heterocycles. The standard InChI is InChI=1S/C29H44FN3O10/c1-18(2)14-20(32-26(37)41-28(3,4)5)25(36)40-23(24(35)31-15-22(34)43-30)21(33-27(38)42-29(6,7)8)17-39-16-19-12-10-9-11-13-19/h9-13,18,20-21,23H,14-17H2,1-8H3,(H,31,35)(H,32,37)(H,33,38). The number of rotatable bonds is 14. The highest BCUT2D eigenvalue weighted by molar-refractivity contribution is 5.89. The van der Waals surface area contributed by atoms with Gasteiger partial charge in [-0.2, -0.15) is 0 Å². The van der Waals surface area contributed by atoms with Gasteiger partial charge in [-0.25, -0.2) is 19.2 Å². The van der Waals surface area contributed by atoms with Gasteiger partial charge in [-0.05, 0) is 59.4 Å². The Bertz CT molecular complexity index is 1070. The molecule has 0 aromatic heterocycles. The van der Waals surface area contributed by atoms with Gasteiger partial charge >= 0.3 is 24.1 Å². The summed E-state index contributed by atoms with van der Waals surface area (Å²) in [6.45, 7) is 12.2. The van der Waals surface area contributed by atoms with Crippen LogP contribution in [-0.4, -0.2) is 72.6 Å². The lowest BCUT2D eigenvalue weighted by molar-refractivity contribution is -0.183. The average Bonchev–Trinajstić information content (AvgIpc) is 2.87. The summed E-state index contributed by atoms with van der Waals surface area (Å²) in [5.41, 5.74) is -0.998. The Kier molecular flexibility index (Phi) is 14.9. The molecular weight excluding hydrogens is 569 g/mol. The van der Waals surface area contributed by atoms with Crippen LogP contribution in [0.2, 0.25) is 0 Å². The molecular formula is C29H44FN3O10. The zero-order chi connectivity index (χ0) is 32.8. The second-order valence-corrected chi connectivity index (χ2v) is 12.1. The fourth-order valence-corrected chi connectivity index (χ4v) is 3.49. The summed E-state index contributed by atoms with van der Waals surface area (Å²) in [7, 11) is 0. The van der Waals surface area contributed by atoms with Crippen molar-refractivity contribution in [3.05, 3.63) is 35.9 Å².